The van der Waals surface area contributed by atoms with Crippen LogP contribution in [0.15, 0.2) is 22.7 Å². The summed E-state index contributed by atoms with van der Waals surface area (Å²) in [6, 6.07) is 6.31. The minimum absolute atomic E-state index is 0.674. The van der Waals surface area contributed by atoms with Crippen LogP contribution in [-0.2, 0) is 17.9 Å². The summed E-state index contributed by atoms with van der Waals surface area (Å²) in [5.41, 5.74) is 1.30. The van der Waals surface area contributed by atoms with E-state index in [2.05, 4.69) is 39.4 Å². The van der Waals surface area contributed by atoms with Gasteiger partial charge >= 0.3 is 0 Å². The topological polar surface area (TPSA) is 21.3 Å². The van der Waals surface area contributed by atoms with Crippen molar-refractivity contribution >= 4 is 37.4 Å². The average molecular weight is 300 g/mol. The first-order chi connectivity index (χ1) is 7.77. The van der Waals surface area contributed by atoms with Gasteiger partial charge in [0.25, 0.3) is 0 Å². The molecular weight excluding hydrogens is 286 g/mol. The highest BCUT2D eigenvalue weighted by atomic mass is 79.9. The average Bonchev–Trinajstić information content (AvgIpc) is 2.61. The highest BCUT2D eigenvalue weighted by molar-refractivity contribution is 9.10. The smallest absolute Gasteiger partial charge is 0.0730 e. The van der Waals surface area contributed by atoms with Crippen LogP contribution in [0.5, 0.6) is 0 Å². The lowest BCUT2D eigenvalue weighted by Crippen LogP contribution is -2.05. The van der Waals surface area contributed by atoms with Gasteiger partial charge in [0.05, 0.1) is 6.61 Å². The zero-order chi connectivity index (χ0) is 11.5. The van der Waals surface area contributed by atoms with E-state index in [1.807, 2.05) is 18.4 Å². The van der Waals surface area contributed by atoms with Crippen molar-refractivity contribution in [2.75, 3.05) is 14.2 Å². The van der Waals surface area contributed by atoms with Gasteiger partial charge in [0.15, 0.2) is 0 Å². The van der Waals surface area contributed by atoms with Gasteiger partial charge in [-0.25, -0.2) is 0 Å². The van der Waals surface area contributed by atoms with E-state index in [1.54, 1.807) is 7.11 Å². The first-order valence-corrected chi connectivity index (χ1v) is 6.71. The van der Waals surface area contributed by atoms with Gasteiger partial charge in [-0.05, 0) is 34.4 Å². The lowest BCUT2D eigenvalue weighted by Gasteiger charge is -2.02. The molecule has 4 heteroatoms. The van der Waals surface area contributed by atoms with Gasteiger partial charge in [0, 0.05) is 33.3 Å². The number of fused-ring (bicyclic) bond motifs is 1. The molecule has 0 amide bonds. The number of thiophene rings is 1. The summed E-state index contributed by atoms with van der Waals surface area (Å²) in [7, 11) is 3.71. The number of methoxy groups -OCH3 is 1. The maximum absolute atomic E-state index is 5.28. The van der Waals surface area contributed by atoms with Crippen molar-refractivity contribution < 1.29 is 4.74 Å². The molecule has 0 saturated heterocycles. The van der Waals surface area contributed by atoms with Crippen molar-refractivity contribution in [2.24, 2.45) is 0 Å². The second-order valence-electron chi connectivity index (χ2n) is 3.58. The fourth-order valence-electron chi connectivity index (χ4n) is 1.79. The maximum Gasteiger partial charge on any atom is 0.0730 e. The predicted octanol–water partition coefficient (Wildman–Crippen LogP) is 3.53. The van der Waals surface area contributed by atoms with E-state index in [1.165, 1.54) is 20.5 Å². The Kier molecular flexibility index (Phi) is 3.97. The molecule has 0 bridgehead atoms. The van der Waals surface area contributed by atoms with Crippen LogP contribution in [0.3, 0.4) is 0 Å². The molecule has 0 radical (unpaired) electrons. The van der Waals surface area contributed by atoms with Gasteiger partial charge < -0.3 is 10.1 Å². The number of nitrogens with one attached hydrogen (secondary N) is 1. The number of ether oxygens (including phenoxy) is 1. The fraction of sp³-hybridized carbons (Fsp3) is 0.333. The van der Waals surface area contributed by atoms with Gasteiger partial charge in [-0.15, -0.1) is 11.3 Å². The third-order valence-corrected chi connectivity index (χ3v) is 4.68. The molecule has 2 nitrogen and oxygen atoms in total. The van der Waals surface area contributed by atoms with Crippen LogP contribution in [-0.4, -0.2) is 14.2 Å². The zero-order valence-electron chi connectivity index (χ0n) is 9.34. The summed E-state index contributed by atoms with van der Waals surface area (Å²) < 4.78 is 7.75. The SMILES string of the molecule is CNCc1sc2c(Br)cccc2c1COC. The van der Waals surface area contributed by atoms with Gasteiger partial charge in [0.2, 0.25) is 0 Å². The normalized spacial score (nSPS) is 11.2. The lowest BCUT2D eigenvalue weighted by molar-refractivity contribution is 0.185. The number of hydrogen-bond acceptors (Lipinski definition) is 3. The number of hydrogen-bond donors (Lipinski definition) is 1. The third kappa shape index (κ3) is 2.15. The number of rotatable bonds is 4. The first-order valence-electron chi connectivity index (χ1n) is 5.10. The van der Waals surface area contributed by atoms with E-state index in [9.17, 15) is 0 Å². The van der Waals surface area contributed by atoms with Crippen molar-refractivity contribution in [3.63, 3.8) is 0 Å². The molecule has 1 aromatic heterocycles. The van der Waals surface area contributed by atoms with E-state index in [-0.39, 0.29) is 0 Å². The highest BCUT2D eigenvalue weighted by Crippen LogP contribution is 2.36. The molecule has 16 heavy (non-hydrogen) atoms. The Morgan fingerprint density at radius 1 is 1.44 bits per heavy atom. The molecule has 1 N–H and O–H groups in total. The summed E-state index contributed by atoms with van der Waals surface area (Å²) in [6.45, 7) is 1.57. The zero-order valence-corrected chi connectivity index (χ0v) is 11.7. The molecule has 86 valence electrons. The van der Waals surface area contributed by atoms with E-state index < -0.39 is 0 Å². The van der Waals surface area contributed by atoms with Crippen molar-refractivity contribution in [3.8, 4) is 0 Å². The first kappa shape index (κ1) is 12.0. The predicted molar refractivity (Wildman–Crippen MR) is 73.0 cm³/mol. The quantitative estimate of drug-likeness (QED) is 0.932. The number of benzene rings is 1. The monoisotopic (exact) mass is 299 g/mol. The summed E-state index contributed by atoms with van der Waals surface area (Å²) in [5.74, 6) is 0. The van der Waals surface area contributed by atoms with E-state index in [0.29, 0.717) is 6.61 Å². The van der Waals surface area contributed by atoms with Crippen LogP contribution >= 0.6 is 27.3 Å². The molecule has 0 atom stereocenters. The molecule has 0 unspecified atom stereocenters. The van der Waals surface area contributed by atoms with Crippen LogP contribution in [0.4, 0.5) is 0 Å². The molecule has 0 fully saturated rings. The molecule has 0 spiro atoms. The minimum atomic E-state index is 0.674. The Morgan fingerprint density at radius 2 is 2.25 bits per heavy atom. The lowest BCUT2D eigenvalue weighted by atomic mass is 10.1. The second kappa shape index (κ2) is 5.27. The summed E-state index contributed by atoms with van der Waals surface area (Å²) in [5, 5.41) is 4.50. The Balaban J connectivity index is 2.60. The van der Waals surface area contributed by atoms with Gasteiger partial charge in [-0.2, -0.15) is 0 Å². The molecule has 0 aliphatic carbocycles. The molecule has 2 rings (SSSR count). The van der Waals surface area contributed by atoms with Gasteiger partial charge in [0.1, 0.15) is 0 Å². The highest BCUT2D eigenvalue weighted by Gasteiger charge is 2.12. The van der Waals surface area contributed by atoms with Crippen molar-refractivity contribution in [1.82, 2.24) is 5.32 Å². The van der Waals surface area contributed by atoms with E-state index in [4.69, 9.17) is 4.74 Å². The van der Waals surface area contributed by atoms with Crippen molar-refractivity contribution in [1.29, 1.82) is 0 Å². The Hall–Kier alpha value is -0.420. The van der Waals surface area contributed by atoms with Crippen molar-refractivity contribution in [2.45, 2.75) is 13.2 Å². The van der Waals surface area contributed by atoms with E-state index >= 15 is 0 Å². The molecule has 1 aromatic carbocycles. The third-order valence-electron chi connectivity index (χ3n) is 2.48. The standard InChI is InChI=1S/C12H14BrNOS/c1-14-6-11-9(7-15-2)8-4-3-5-10(13)12(8)16-11/h3-5,14H,6-7H2,1-2H3. The second-order valence-corrected chi connectivity index (χ2v) is 5.54. The van der Waals surface area contributed by atoms with Crippen molar-refractivity contribution in [3.05, 3.63) is 33.1 Å². The Morgan fingerprint density at radius 3 is 2.94 bits per heavy atom. The Bertz CT molecular complexity index is 495. The van der Waals surface area contributed by atoms with Crippen LogP contribution in [0.1, 0.15) is 10.4 Å². The molecule has 2 aromatic rings. The van der Waals surface area contributed by atoms with Gasteiger partial charge in [-0.3, -0.25) is 0 Å². The molecule has 0 aliphatic rings. The van der Waals surface area contributed by atoms with Crippen LogP contribution in [0.25, 0.3) is 10.1 Å². The van der Waals surface area contributed by atoms with E-state index in [0.717, 1.165) is 11.0 Å². The molecular formula is C12H14BrNOS. The molecule has 0 aliphatic heterocycles. The fourth-order valence-corrected chi connectivity index (χ4v) is 3.62. The van der Waals surface area contributed by atoms with Crippen LogP contribution in [0, 0.1) is 0 Å². The molecule has 0 saturated carbocycles. The summed E-state index contributed by atoms with van der Waals surface area (Å²) in [6.07, 6.45) is 0. The summed E-state index contributed by atoms with van der Waals surface area (Å²) in [4.78, 5) is 1.35. The minimum Gasteiger partial charge on any atom is -0.380 e. The maximum atomic E-state index is 5.28. The van der Waals surface area contributed by atoms with Crippen LogP contribution in [0.2, 0.25) is 0 Å². The van der Waals surface area contributed by atoms with Crippen LogP contribution < -0.4 is 5.32 Å². The summed E-state index contributed by atoms with van der Waals surface area (Å²) >= 11 is 5.42. The molecule has 1 heterocycles. The largest absolute Gasteiger partial charge is 0.380 e. The number of halogens is 1. The van der Waals surface area contributed by atoms with Gasteiger partial charge in [-0.1, -0.05) is 12.1 Å². The Labute approximate surface area is 108 Å².